The van der Waals surface area contributed by atoms with Crippen molar-refractivity contribution < 1.29 is 8.42 Å². The molecule has 0 atom stereocenters. The van der Waals surface area contributed by atoms with E-state index in [0.29, 0.717) is 40.5 Å². The molecule has 1 saturated carbocycles. The Morgan fingerprint density at radius 2 is 1.87 bits per heavy atom. The highest BCUT2D eigenvalue weighted by Crippen LogP contribution is 2.44. The van der Waals surface area contributed by atoms with E-state index in [1.807, 2.05) is 23.9 Å². The Balaban J connectivity index is 1.11. The largest absolute Gasteiger partial charge is 0.355 e. The number of halogens is 1. The second kappa shape index (κ2) is 8.90. The molecule has 0 bridgehead atoms. The van der Waals surface area contributed by atoms with Crippen LogP contribution in [0, 0.1) is 5.41 Å². The quantitative estimate of drug-likeness (QED) is 0.374. The maximum absolute atomic E-state index is 12.5. The van der Waals surface area contributed by atoms with Crippen LogP contribution < -0.4 is 10.2 Å². The number of aromatic nitrogens is 6. The van der Waals surface area contributed by atoms with Crippen molar-refractivity contribution in [1.29, 1.82) is 0 Å². The number of hydrogen-bond donors (Lipinski definition) is 1. The molecule has 7 rings (SSSR count). The molecule has 1 spiro atoms. The topological polar surface area (TPSA) is 114 Å². The minimum Gasteiger partial charge on any atom is -0.355 e. The van der Waals surface area contributed by atoms with Crippen LogP contribution in [-0.4, -0.2) is 80.7 Å². The standard InChI is InChI=1S/C26H30ClN9O2S/c1-33-9-7-26(8-10-33)15-35(16-26)24-20-6-3-18(11-22(20)32-34(24)2)30-25-28-13-21(27)23(31-25)17-12-29-36(14-17)39(37,38)19-4-5-19/h3,6,11-14,19H,4-5,7-10,15-16H2,1-2H3,(H,28,30,31). The average Bonchev–Trinajstić information content (AvgIpc) is 3.55. The summed E-state index contributed by atoms with van der Waals surface area (Å²) in [6.45, 7) is 4.50. The van der Waals surface area contributed by atoms with E-state index < -0.39 is 10.0 Å². The molecule has 3 aliphatic rings. The fourth-order valence-electron chi connectivity index (χ4n) is 5.81. The van der Waals surface area contributed by atoms with Gasteiger partial charge in [0.05, 0.1) is 40.1 Å². The molecule has 0 radical (unpaired) electrons. The number of nitrogens with one attached hydrogen (secondary N) is 1. The number of likely N-dealkylation sites (tertiary alicyclic amines) is 1. The number of aryl methyl sites for hydroxylation is 1. The lowest BCUT2D eigenvalue weighted by atomic mass is 9.72. The SMILES string of the molecule is CN1CCC2(CC1)CN(c1c3ccc(Nc4ncc(Cl)c(-c5cnn(S(=O)(=O)C6CC6)c5)n4)cc3nn1C)C2. The summed E-state index contributed by atoms with van der Waals surface area (Å²) in [5.74, 6) is 1.50. The van der Waals surface area contributed by atoms with Gasteiger partial charge in [0.1, 0.15) is 5.82 Å². The third kappa shape index (κ3) is 4.34. The van der Waals surface area contributed by atoms with Crippen LogP contribution in [0.2, 0.25) is 5.02 Å². The first-order valence-electron chi connectivity index (χ1n) is 13.2. The second-order valence-electron chi connectivity index (χ2n) is 11.2. The van der Waals surface area contributed by atoms with Crippen molar-refractivity contribution in [3.05, 3.63) is 41.8 Å². The number of hydrogen-bond acceptors (Lipinski definition) is 9. The van der Waals surface area contributed by atoms with E-state index in [0.717, 1.165) is 39.6 Å². The van der Waals surface area contributed by atoms with Crippen molar-refractivity contribution in [3.63, 3.8) is 0 Å². The minimum atomic E-state index is -3.47. The fourth-order valence-corrected chi connectivity index (χ4v) is 7.48. The first-order valence-corrected chi connectivity index (χ1v) is 15.1. The van der Waals surface area contributed by atoms with Crippen LogP contribution in [0.15, 0.2) is 36.8 Å². The molecular weight excluding hydrogens is 538 g/mol. The Morgan fingerprint density at radius 1 is 1.10 bits per heavy atom. The Labute approximate surface area is 231 Å². The molecule has 3 aromatic heterocycles. The summed E-state index contributed by atoms with van der Waals surface area (Å²) >= 11 is 6.38. The lowest BCUT2D eigenvalue weighted by molar-refractivity contribution is 0.0897. The lowest BCUT2D eigenvalue weighted by Gasteiger charge is -2.54. The van der Waals surface area contributed by atoms with Crippen LogP contribution in [0.5, 0.6) is 0 Å². The van der Waals surface area contributed by atoms with Crippen molar-refractivity contribution in [2.24, 2.45) is 12.5 Å². The van der Waals surface area contributed by atoms with Crippen molar-refractivity contribution in [3.8, 4) is 11.3 Å². The predicted octanol–water partition coefficient (Wildman–Crippen LogP) is 3.50. The first-order chi connectivity index (χ1) is 18.7. The van der Waals surface area contributed by atoms with Gasteiger partial charge >= 0.3 is 0 Å². The Bertz CT molecular complexity index is 1680. The Morgan fingerprint density at radius 3 is 2.62 bits per heavy atom. The van der Waals surface area contributed by atoms with Gasteiger partial charge in [0.25, 0.3) is 10.0 Å². The summed E-state index contributed by atoms with van der Waals surface area (Å²) in [6, 6.07) is 6.07. The number of nitrogens with zero attached hydrogens (tertiary/aromatic N) is 8. The van der Waals surface area contributed by atoms with Crippen LogP contribution in [-0.2, 0) is 17.1 Å². The first kappa shape index (κ1) is 24.8. The molecule has 0 amide bonds. The molecule has 1 aromatic carbocycles. The van der Waals surface area contributed by atoms with E-state index in [1.165, 1.54) is 44.5 Å². The predicted molar refractivity (Wildman–Crippen MR) is 151 cm³/mol. The summed E-state index contributed by atoms with van der Waals surface area (Å²) in [4.78, 5) is 13.8. The maximum atomic E-state index is 12.5. The minimum absolute atomic E-state index is 0.311. The summed E-state index contributed by atoms with van der Waals surface area (Å²) < 4.78 is 28.1. The number of piperidine rings is 1. The van der Waals surface area contributed by atoms with Gasteiger partial charge in [0, 0.05) is 42.2 Å². The van der Waals surface area contributed by atoms with Gasteiger partial charge in [-0.15, -0.1) is 0 Å². The van der Waals surface area contributed by atoms with Gasteiger partial charge in [-0.25, -0.2) is 18.4 Å². The van der Waals surface area contributed by atoms with Crippen LogP contribution in [0.25, 0.3) is 22.2 Å². The molecule has 11 nitrogen and oxygen atoms in total. The summed E-state index contributed by atoms with van der Waals surface area (Å²) in [6.07, 6.45) is 8.26. The maximum Gasteiger partial charge on any atom is 0.256 e. The van der Waals surface area contributed by atoms with Gasteiger partial charge in [-0.3, -0.25) is 4.68 Å². The van der Waals surface area contributed by atoms with Gasteiger partial charge in [0.15, 0.2) is 0 Å². The third-order valence-corrected chi connectivity index (χ3v) is 10.6. The average molecular weight is 568 g/mol. The van der Waals surface area contributed by atoms with E-state index >= 15 is 0 Å². The van der Waals surface area contributed by atoms with Crippen LogP contribution >= 0.6 is 11.6 Å². The molecule has 2 aliphatic heterocycles. The van der Waals surface area contributed by atoms with Crippen LogP contribution in [0.4, 0.5) is 17.5 Å². The smallest absolute Gasteiger partial charge is 0.256 e. The van der Waals surface area contributed by atoms with Gasteiger partial charge in [-0.2, -0.15) is 14.3 Å². The number of fused-ring (bicyclic) bond motifs is 1. The zero-order chi connectivity index (χ0) is 26.9. The van der Waals surface area contributed by atoms with Gasteiger partial charge < -0.3 is 15.1 Å². The van der Waals surface area contributed by atoms with Gasteiger partial charge in [-0.05, 0) is 64.0 Å². The highest BCUT2D eigenvalue weighted by atomic mass is 35.5. The highest BCUT2D eigenvalue weighted by Gasteiger charge is 2.45. The Kier molecular flexibility index (Phi) is 5.66. The Hall–Kier alpha value is -3.22. The van der Waals surface area contributed by atoms with Gasteiger partial charge in [0.2, 0.25) is 5.95 Å². The zero-order valence-corrected chi connectivity index (χ0v) is 23.5. The van der Waals surface area contributed by atoms with Crippen molar-refractivity contribution in [2.45, 2.75) is 30.9 Å². The van der Waals surface area contributed by atoms with Crippen LogP contribution in [0.1, 0.15) is 25.7 Å². The summed E-state index contributed by atoms with van der Waals surface area (Å²) in [5, 5.41) is 13.2. The third-order valence-electron chi connectivity index (χ3n) is 8.24. The van der Waals surface area contributed by atoms with E-state index in [1.54, 1.807) is 0 Å². The van der Waals surface area contributed by atoms with Crippen LogP contribution in [0.3, 0.4) is 0 Å². The molecule has 3 fully saturated rings. The molecule has 5 heterocycles. The second-order valence-corrected chi connectivity index (χ2v) is 13.7. The normalized spacial score (nSPS) is 19.5. The van der Waals surface area contributed by atoms with Crippen molar-refractivity contribution >= 4 is 50.0 Å². The van der Waals surface area contributed by atoms with E-state index in [9.17, 15) is 8.42 Å². The van der Waals surface area contributed by atoms with E-state index in [4.69, 9.17) is 16.7 Å². The van der Waals surface area contributed by atoms with Crippen molar-refractivity contribution in [2.75, 3.05) is 43.4 Å². The monoisotopic (exact) mass is 567 g/mol. The molecule has 2 saturated heterocycles. The lowest BCUT2D eigenvalue weighted by Crippen LogP contribution is -2.60. The van der Waals surface area contributed by atoms with E-state index in [-0.39, 0.29) is 5.25 Å². The van der Waals surface area contributed by atoms with Crippen molar-refractivity contribution in [1.82, 2.24) is 33.8 Å². The number of anilines is 3. The molecule has 39 heavy (non-hydrogen) atoms. The zero-order valence-electron chi connectivity index (χ0n) is 21.9. The molecule has 0 unspecified atom stereocenters. The molecular formula is C26H30ClN9O2S. The summed E-state index contributed by atoms with van der Waals surface area (Å²) in [7, 11) is 0.732. The number of benzene rings is 1. The fraction of sp³-hybridized carbons (Fsp3) is 0.462. The molecule has 204 valence electrons. The number of rotatable bonds is 6. The molecule has 1 aliphatic carbocycles. The van der Waals surface area contributed by atoms with E-state index in [2.05, 4.69) is 43.3 Å². The molecule has 13 heteroatoms. The molecule has 4 aromatic rings. The van der Waals surface area contributed by atoms with Gasteiger partial charge in [-0.1, -0.05) is 11.6 Å². The summed E-state index contributed by atoms with van der Waals surface area (Å²) in [5.41, 5.74) is 3.04. The highest BCUT2D eigenvalue weighted by molar-refractivity contribution is 7.90. The molecule has 1 N–H and O–H groups in total.